The summed E-state index contributed by atoms with van der Waals surface area (Å²) in [5, 5.41) is 23.8. The van der Waals surface area contributed by atoms with Gasteiger partial charge >= 0.3 is 0 Å². The Morgan fingerprint density at radius 2 is 2.09 bits per heavy atom. The van der Waals surface area contributed by atoms with Crippen LogP contribution in [0.5, 0.6) is 0 Å². The molecule has 0 bridgehead atoms. The number of halogens is 2. The summed E-state index contributed by atoms with van der Waals surface area (Å²) in [4.78, 5) is 10.5. The van der Waals surface area contributed by atoms with Crippen LogP contribution in [-0.4, -0.2) is 16.6 Å². The van der Waals surface area contributed by atoms with Gasteiger partial charge in [-0.3, -0.25) is 10.1 Å². The predicted molar refractivity (Wildman–Crippen MR) is 82.7 cm³/mol. The lowest BCUT2D eigenvalue weighted by atomic mass is 10.1. The zero-order chi connectivity index (χ0) is 16.3. The molecule has 0 aromatic heterocycles. The van der Waals surface area contributed by atoms with Gasteiger partial charge in [-0.25, -0.2) is 4.39 Å². The number of benzene rings is 2. The zero-order valence-corrected chi connectivity index (χ0v) is 12.5. The molecule has 0 saturated carbocycles. The van der Waals surface area contributed by atoms with Crippen LogP contribution in [0.4, 0.5) is 15.8 Å². The van der Waals surface area contributed by atoms with Crippen molar-refractivity contribution in [3.05, 3.63) is 68.5 Å². The maximum atomic E-state index is 13.4. The number of anilines is 1. The molecule has 2 aromatic carbocycles. The molecule has 22 heavy (non-hydrogen) atoms. The molecule has 0 saturated heterocycles. The van der Waals surface area contributed by atoms with Gasteiger partial charge in [0.2, 0.25) is 0 Å². The smallest absolute Gasteiger partial charge is 0.292 e. The van der Waals surface area contributed by atoms with Crippen molar-refractivity contribution in [2.24, 2.45) is 0 Å². The van der Waals surface area contributed by atoms with E-state index in [1.54, 1.807) is 19.1 Å². The number of hydrogen-bond donors (Lipinski definition) is 2. The second kappa shape index (κ2) is 6.72. The Balaban J connectivity index is 2.12. The Morgan fingerprint density at radius 1 is 1.36 bits per heavy atom. The Kier molecular flexibility index (Phi) is 4.95. The lowest BCUT2D eigenvalue weighted by Crippen LogP contribution is -2.13. The molecule has 7 heteroatoms. The van der Waals surface area contributed by atoms with Crippen LogP contribution >= 0.6 is 11.6 Å². The summed E-state index contributed by atoms with van der Waals surface area (Å²) >= 11 is 5.58. The first-order valence-corrected chi connectivity index (χ1v) is 6.88. The van der Waals surface area contributed by atoms with Gasteiger partial charge in [0.1, 0.15) is 11.5 Å². The fourth-order valence-corrected chi connectivity index (χ4v) is 2.10. The SMILES string of the molecule is Cc1ccc(NCC(O)c2ccc(Cl)c(F)c2)c([N+](=O)[O-])c1. The first-order valence-electron chi connectivity index (χ1n) is 6.50. The fourth-order valence-electron chi connectivity index (χ4n) is 1.99. The lowest BCUT2D eigenvalue weighted by molar-refractivity contribution is -0.384. The molecule has 0 amide bonds. The van der Waals surface area contributed by atoms with Crippen LogP contribution in [0.1, 0.15) is 17.2 Å². The van der Waals surface area contributed by atoms with Crippen molar-refractivity contribution in [2.45, 2.75) is 13.0 Å². The van der Waals surface area contributed by atoms with E-state index in [4.69, 9.17) is 11.6 Å². The van der Waals surface area contributed by atoms with Gasteiger partial charge in [0.25, 0.3) is 5.69 Å². The molecule has 2 rings (SSSR count). The van der Waals surface area contributed by atoms with Crippen LogP contribution in [0.15, 0.2) is 36.4 Å². The van der Waals surface area contributed by atoms with Gasteiger partial charge in [-0.1, -0.05) is 23.7 Å². The average molecular weight is 325 g/mol. The van der Waals surface area contributed by atoms with Gasteiger partial charge in [-0.15, -0.1) is 0 Å². The minimum absolute atomic E-state index is 0.00493. The molecular weight excluding hydrogens is 311 g/mol. The van der Waals surface area contributed by atoms with E-state index in [1.807, 2.05) is 0 Å². The minimum Gasteiger partial charge on any atom is -0.387 e. The minimum atomic E-state index is -1.02. The van der Waals surface area contributed by atoms with Crippen LogP contribution in [0.2, 0.25) is 5.02 Å². The van der Waals surface area contributed by atoms with E-state index in [1.165, 1.54) is 18.2 Å². The van der Waals surface area contributed by atoms with E-state index >= 15 is 0 Å². The van der Waals surface area contributed by atoms with Gasteiger partial charge in [0.05, 0.1) is 16.0 Å². The highest BCUT2D eigenvalue weighted by Crippen LogP contribution is 2.26. The molecule has 0 aliphatic carbocycles. The number of aliphatic hydroxyl groups is 1. The second-order valence-corrected chi connectivity index (χ2v) is 5.26. The van der Waals surface area contributed by atoms with Gasteiger partial charge in [-0.05, 0) is 36.2 Å². The van der Waals surface area contributed by atoms with Gasteiger partial charge < -0.3 is 10.4 Å². The molecule has 0 fully saturated rings. The predicted octanol–water partition coefficient (Wildman–Crippen LogP) is 3.84. The Bertz CT molecular complexity index is 709. The van der Waals surface area contributed by atoms with Crippen molar-refractivity contribution in [1.29, 1.82) is 0 Å². The zero-order valence-electron chi connectivity index (χ0n) is 11.7. The monoisotopic (exact) mass is 324 g/mol. The summed E-state index contributed by atoms with van der Waals surface area (Å²) < 4.78 is 13.4. The molecule has 2 N–H and O–H groups in total. The summed E-state index contributed by atoms with van der Waals surface area (Å²) in [6.07, 6.45) is -1.02. The molecule has 0 spiro atoms. The molecule has 5 nitrogen and oxygen atoms in total. The summed E-state index contributed by atoms with van der Waals surface area (Å²) in [5.74, 6) is -0.625. The van der Waals surface area contributed by atoms with Crippen molar-refractivity contribution in [3.63, 3.8) is 0 Å². The number of aryl methyl sites for hydroxylation is 1. The second-order valence-electron chi connectivity index (χ2n) is 4.85. The van der Waals surface area contributed by atoms with Gasteiger partial charge in [0.15, 0.2) is 0 Å². The molecule has 0 heterocycles. The molecule has 116 valence electrons. The van der Waals surface area contributed by atoms with Crippen LogP contribution in [0.25, 0.3) is 0 Å². The Morgan fingerprint density at radius 3 is 2.73 bits per heavy atom. The number of nitro benzene ring substituents is 1. The quantitative estimate of drug-likeness (QED) is 0.647. The topological polar surface area (TPSA) is 75.4 Å². The van der Waals surface area contributed by atoms with Crippen molar-refractivity contribution in [3.8, 4) is 0 Å². The number of nitrogens with zero attached hydrogens (tertiary/aromatic N) is 1. The molecule has 1 unspecified atom stereocenters. The van der Waals surface area contributed by atoms with Crippen molar-refractivity contribution >= 4 is 23.0 Å². The molecule has 0 aliphatic heterocycles. The number of nitro groups is 1. The van der Waals surface area contributed by atoms with E-state index in [0.717, 1.165) is 11.6 Å². The molecule has 0 radical (unpaired) electrons. The third-order valence-electron chi connectivity index (χ3n) is 3.16. The molecule has 2 aromatic rings. The van der Waals surface area contributed by atoms with Crippen LogP contribution in [0, 0.1) is 22.9 Å². The molecule has 1 atom stereocenters. The van der Waals surface area contributed by atoms with Crippen LogP contribution < -0.4 is 5.32 Å². The Hall–Kier alpha value is -2.18. The fraction of sp³-hybridized carbons (Fsp3) is 0.200. The van der Waals surface area contributed by atoms with E-state index < -0.39 is 16.8 Å². The van der Waals surface area contributed by atoms with Crippen LogP contribution in [0.3, 0.4) is 0 Å². The summed E-state index contributed by atoms with van der Waals surface area (Å²) in [6.45, 7) is 1.76. The molecular formula is C15H14ClFN2O3. The maximum Gasteiger partial charge on any atom is 0.292 e. The van der Waals surface area contributed by atoms with Crippen molar-refractivity contribution in [1.82, 2.24) is 0 Å². The highest BCUT2D eigenvalue weighted by molar-refractivity contribution is 6.30. The summed E-state index contributed by atoms with van der Waals surface area (Å²) in [7, 11) is 0. The standard InChI is InChI=1S/C15H14ClFN2O3/c1-9-2-5-13(14(6-9)19(21)22)18-8-15(20)10-3-4-11(16)12(17)7-10/h2-7,15,18,20H,8H2,1H3. The normalized spacial score (nSPS) is 12.0. The first kappa shape index (κ1) is 16.2. The van der Waals surface area contributed by atoms with Crippen LogP contribution in [-0.2, 0) is 0 Å². The van der Waals surface area contributed by atoms with Crippen molar-refractivity contribution in [2.75, 3.05) is 11.9 Å². The van der Waals surface area contributed by atoms with E-state index in [-0.39, 0.29) is 17.3 Å². The van der Waals surface area contributed by atoms with E-state index in [9.17, 15) is 19.6 Å². The molecule has 0 aliphatic rings. The maximum absolute atomic E-state index is 13.4. The lowest BCUT2D eigenvalue weighted by Gasteiger charge is -2.14. The number of hydrogen-bond acceptors (Lipinski definition) is 4. The Labute approximate surface area is 131 Å². The van der Waals surface area contributed by atoms with Crippen molar-refractivity contribution < 1.29 is 14.4 Å². The largest absolute Gasteiger partial charge is 0.387 e. The van der Waals surface area contributed by atoms with E-state index in [2.05, 4.69) is 5.32 Å². The highest BCUT2D eigenvalue weighted by Gasteiger charge is 2.16. The van der Waals surface area contributed by atoms with Gasteiger partial charge in [-0.2, -0.15) is 0 Å². The van der Waals surface area contributed by atoms with E-state index in [0.29, 0.717) is 11.3 Å². The highest BCUT2D eigenvalue weighted by atomic mass is 35.5. The first-order chi connectivity index (χ1) is 10.4. The number of nitrogens with one attached hydrogen (secondary N) is 1. The summed E-state index contributed by atoms with van der Waals surface area (Å²) in [5.41, 5.74) is 1.32. The third-order valence-corrected chi connectivity index (χ3v) is 3.47. The summed E-state index contributed by atoms with van der Waals surface area (Å²) in [6, 6.07) is 8.73. The van der Waals surface area contributed by atoms with Gasteiger partial charge in [0, 0.05) is 12.6 Å². The third kappa shape index (κ3) is 3.72. The average Bonchev–Trinajstić information content (AvgIpc) is 2.48. The number of rotatable bonds is 5. The number of aliphatic hydroxyl groups excluding tert-OH is 1.